The van der Waals surface area contributed by atoms with E-state index in [0.717, 1.165) is 7.11 Å². The maximum atomic E-state index is 11.3. The summed E-state index contributed by atoms with van der Waals surface area (Å²) in [6, 6.07) is 0. The van der Waals surface area contributed by atoms with E-state index in [9.17, 15) is 13.2 Å². The van der Waals surface area contributed by atoms with Gasteiger partial charge in [-0.15, -0.1) is 12.4 Å². The Morgan fingerprint density at radius 2 is 1.90 bits per heavy atom. The molecule has 62 valence electrons. The predicted molar refractivity (Wildman–Crippen MR) is 32.7 cm³/mol. The number of nitrogens with one attached hydrogen (secondary N) is 1. The van der Waals surface area contributed by atoms with Crippen LogP contribution in [0.15, 0.2) is 0 Å². The third-order valence-corrected chi connectivity index (χ3v) is 0.607. The summed E-state index contributed by atoms with van der Waals surface area (Å²) >= 11 is 0. The minimum atomic E-state index is -4.33. The Morgan fingerprint density at radius 1 is 1.50 bits per heavy atom. The van der Waals surface area contributed by atoms with Gasteiger partial charge in [-0.2, -0.15) is 13.2 Å². The van der Waals surface area contributed by atoms with E-state index in [0.29, 0.717) is 0 Å². The number of alkyl halides is 3. The van der Waals surface area contributed by atoms with Crippen LogP contribution in [0, 0.1) is 5.41 Å². The van der Waals surface area contributed by atoms with Crippen LogP contribution in [0.5, 0.6) is 0 Å². The normalized spacial score (nSPS) is 10.0. The molecule has 0 unspecified atom stereocenters. The van der Waals surface area contributed by atoms with E-state index in [4.69, 9.17) is 5.41 Å². The van der Waals surface area contributed by atoms with Crippen molar-refractivity contribution in [1.82, 2.24) is 0 Å². The molecular weight excluding hydrogens is 170 g/mol. The van der Waals surface area contributed by atoms with Gasteiger partial charge >= 0.3 is 6.18 Å². The molecule has 0 aliphatic rings. The first-order valence-electron chi connectivity index (χ1n) is 2.14. The third kappa shape index (κ3) is 7.55. The van der Waals surface area contributed by atoms with Gasteiger partial charge in [0, 0.05) is 0 Å². The van der Waals surface area contributed by atoms with E-state index in [-0.39, 0.29) is 12.4 Å². The lowest BCUT2D eigenvalue weighted by Crippen LogP contribution is -2.15. The monoisotopic (exact) mass is 177 g/mol. The number of methoxy groups -OCH3 is 1. The Kier molecular flexibility index (Phi) is 5.36. The quantitative estimate of drug-likeness (QED) is 0.482. The Balaban J connectivity index is 0. The van der Waals surface area contributed by atoms with Gasteiger partial charge in [0.25, 0.3) is 0 Å². The van der Waals surface area contributed by atoms with Gasteiger partial charge in [0.15, 0.2) is 5.90 Å². The molecular formula is C4H7ClF3NO. The molecule has 0 amide bonds. The fraction of sp³-hybridized carbons (Fsp3) is 0.750. The van der Waals surface area contributed by atoms with Gasteiger partial charge in [-0.1, -0.05) is 0 Å². The molecule has 0 aliphatic carbocycles. The predicted octanol–water partition coefficient (Wildman–Crippen LogP) is 1.98. The zero-order valence-corrected chi connectivity index (χ0v) is 5.97. The van der Waals surface area contributed by atoms with Gasteiger partial charge in [-0.25, -0.2) is 0 Å². The van der Waals surface area contributed by atoms with Crippen LogP contribution in [-0.2, 0) is 4.74 Å². The maximum absolute atomic E-state index is 11.3. The molecule has 0 fully saturated rings. The van der Waals surface area contributed by atoms with Gasteiger partial charge in [0.1, 0.15) is 6.42 Å². The van der Waals surface area contributed by atoms with Crippen LogP contribution in [0.3, 0.4) is 0 Å². The Hall–Kier alpha value is -0.450. The van der Waals surface area contributed by atoms with Crippen molar-refractivity contribution < 1.29 is 17.9 Å². The second-order valence-electron chi connectivity index (χ2n) is 1.42. The van der Waals surface area contributed by atoms with Crippen molar-refractivity contribution in [3.05, 3.63) is 0 Å². The lowest BCUT2D eigenvalue weighted by atomic mass is 10.4. The molecule has 1 N–H and O–H groups in total. The van der Waals surface area contributed by atoms with Crippen molar-refractivity contribution in [2.24, 2.45) is 0 Å². The van der Waals surface area contributed by atoms with Crippen molar-refractivity contribution in [1.29, 1.82) is 5.41 Å². The van der Waals surface area contributed by atoms with E-state index in [1.54, 1.807) is 0 Å². The second-order valence-corrected chi connectivity index (χ2v) is 1.42. The molecule has 0 saturated heterocycles. The van der Waals surface area contributed by atoms with Gasteiger partial charge < -0.3 is 4.74 Å². The fourth-order valence-corrected chi connectivity index (χ4v) is 0.254. The summed E-state index contributed by atoms with van der Waals surface area (Å²) in [7, 11) is 1.04. The summed E-state index contributed by atoms with van der Waals surface area (Å²) in [6.07, 6.45) is -5.61. The molecule has 0 spiro atoms. The average Bonchev–Trinajstić information content (AvgIpc) is 1.62. The van der Waals surface area contributed by atoms with Crippen LogP contribution in [0.25, 0.3) is 0 Å². The van der Waals surface area contributed by atoms with Crippen LogP contribution < -0.4 is 0 Å². The number of ether oxygens (including phenoxy) is 1. The zero-order valence-electron chi connectivity index (χ0n) is 5.16. The Labute approximate surface area is 62.3 Å². The second kappa shape index (κ2) is 4.38. The van der Waals surface area contributed by atoms with Crippen molar-refractivity contribution in [2.75, 3.05) is 7.11 Å². The molecule has 0 aromatic carbocycles. The molecule has 2 nitrogen and oxygen atoms in total. The Morgan fingerprint density at radius 3 is 2.00 bits per heavy atom. The molecule has 0 atom stereocenters. The molecule has 0 heterocycles. The van der Waals surface area contributed by atoms with Crippen molar-refractivity contribution >= 4 is 18.3 Å². The molecule has 0 radical (unpaired) electrons. The standard InChI is InChI=1S/C4H6F3NO.ClH/c1-9-3(8)2-4(5,6)7;/h8H,2H2,1H3;1H. The first kappa shape index (κ1) is 12.2. The van der Waals surface area contributed by atoms with Gasteiger partial charge in [0.05, 0.1) is 7.11 Å². The molecule has 0 bridgehead atoms. The smallest absolute Gasteiger partial charge is 0.397 e. The van der Waals surface area contributed by atoms with E-state index in [1.807, 2.05) is 0 Å². The van der Waals surface area contributed by atoms with E-state index < -0.39 is 18.5 Å². The molecule has 0 aromatic heterocycles. The molecule has 0 aliphatic heterocycles. The van der Waals surface area contributed by atoms with Crippen molar-refractivity contribution in [3.63, 3.8) is 0 Å². The highest BCUT2D eigenvalue weighted by molar-refractivity contribution is 5.85. The van der Waals surface area contributed by atoms with Crippen LogP contribution in [0.2, 0.25) is 0 Å². The minimum absolute atomic E-state index is 0. The SMILES string of the molecule is COC(=N)CC(F)(F)F.Cl. The summed E-state index contributed by atoms with van der Waals surface area (Å²) in [6.45, 7) is 0. The third-order valence-electron chi connectivity index (χ3n) is 0.607. The van der Waals surface area contributed by atoms with Gasteiger partial charge in [-0.3, -0.25) is 5.41 Å². The van der Waals surface area contributed by atoms with Crippen LogP contribution in [0.1, 0.15) is 6.42 Å². The molecule has 0 aromatic rings. The summed E-state index contributed by atoms with van der Waals surface area (Å²) in [5.74, 6) is -0.762. The van der Waals surface area contributed by atoms with Gasteiger partial charge in [-0.05, 0) is 0 Å². The number of halogens is 4. The van der Waals surface area contributed by atoms with E-state index >= 15 is 0 Å². The molecule has 0 saturated carbocycles. The van der Waals surface area contributed by atoms with Crippen molar-refractivity contribution in [2.45, 2.75) is 12.6 Å². The average molecular weight is 178 g/mol. The molecule has 6 heteroatoms. The van der Waals surface area contributed by atoms with Crippen molar-refractivity contribution in [3.8, 4) is 0 Å². The highest BCUT2D eigenvalue weighted by atomic mass is 35.5. The van der Waals surface area contributed by atoms with Crippen LogP contribution in [0.4, 0.5) is 13.2 Å². The first-order chi connectivity index (χ1) is 3.95. The lowest BCUT2D eigenvalue weighted by molar-refractivity contribution is -0.123. The summed E-state index contributed by atoms with van der Waals surface area (Å²) in [5, 5.41) is 6.45. The fourth-order valence-electron chi connectivity index (χ4n) is 0.254. The molecule has 0 rings (SSSR count). The largest absolute Gasteiger partial charge is 0.484 e. The lowest BCUT2D eigenvalue weighted by Gasteiger charge is -2.04. The Bertz CT molecular complexity index is 114. The topological polar surface area (TPSA) is 33.1 Å². The minimum Gasteiger partial charge on any atom is -0.484 e. The first-order valence-corrected chi connectivity index (χ1v) is 2.14. The number of hydrogen-bond donors (Lipinski definition) is 1. The zero-order chi connectivity index (χ0) is 7.49. The highest BCUT2D eigenvalue weighted by Crippen LogP contribution is 2.19. The van der Waals surface area contributed by atoms with Crippen LogP contribution in [-0.4, -0.2) is 19.2 Å². The summed E-state index contributed by atoms with van der Waals surface area (Å²) in [5.41, 5.74) is 0. The van der Waals surface area contributed by atoms with Crippen LogP contribution >= 0.6 is 12.4 Å². The summed E-state index contributed by atoms with van der Waals surface area (Å²) in [4.78, 5) is 0. The maximum Gasteiger partial charge on any atom is 0.397 e. The number of hydrogen-bond acceptors (Lipinski definition) is 2. The van der Waals surface area contributed by atoms with E-state index in [1.165, 1.54) is 0 Å². The summed E-state index contributed by atoms with van der Waals surface area (Å²) < 4.78 is 37.8. The molecule has 10 heavy (non-hydrogen) atoms. The highest BCUT2D eigenvalue weighted by Gasteiger charge is 2.29. The van der Waals surface area contributed by atoms with Gasteiger partial charge in [0.2, 0.25) is 0 Å². The number of rotatable bonds is 1. The van der Waals surface area contributed by atoms with E-state index in [2.05, 4.69) is 4.74 Å².